The molecule has 1 fully saturated rings. The van der Waals surface area contributed by atoms with E-state index < -0.39 is 5.69 Å². The van der Waals surface area contributed by atoms with Crippen LogP contribution in [0.15, 0.2) is 39.2 Å². The van der Waals surface area contributed by atoms with Crippen LogP contribution in [-0.4, -0.2) is 32.5 Å². The second-order valence-electron chi connectivity index (χ2n) is 8.06. The third kappa shape index (κ3) is 3.51. The van der Waals surface area contributed by atoms with E-state index in [4.69, 9.17) is 0 Å². The van der Waals surface area contributed by atoms with Crippen LogP contribution in [0.5, 0.6) is 0 Å². The number of thiophene rings is 1. The molecule has 1 amide bonds. The first-order chi connectivity index (χ1) is 14.4. The lowest BCUT2D eigenvalue weighted by Gasteiger charge is -2.35. The average molecular weight is 426 g/mol. The standard InChI is InChI=1S/C23H27N3O3S/c1-4-17-7-5-6-11-24(17)20(27)14-25-19-10-12-30-21(19)22(28)26(23(25)29)18-9-8-15(2)16(3)13-18/h8-10,12-13,17H,4-7,11,14H2,1-3H3/t17-/m0/s1. The first-order valence-corrected chi connectivity index (χ1v) is 11.4. The van der Waals surface area contributed by atoms with Crippen LogP contribution in [0.2, 0.25) is 0 Å². The number of carbonyl (C=O) groups excluding carboxylic acids is 1. The summed E-state index contributed by atoms with van der Waals surface area (Å²) < 4.78 is 3.16. The van der Waals surface area contributed by atoms with Gasteiger partial charge in [-0.3, -0.25) is 14.2 Å². The number of carbonyl (C=O) groups is 1. The van der Waals surface area contributed by atoms with E-state index in [-0.39, 0.29) is 24.1 Å². The highest BCUT2D eigenvalue weighted by molar-refractivity contribution is 7.17. The van der Waals surface area contributed by atoms with Gasteiger partial charge >= 0.3 is 5.69 Å². The highest BCUT2D eigenvalue weighted by Crippen LogP contribution is 2.21. The molecule has 0 bridgehead atoms. The summed E-state index contributed by atoms with van der Waals surface area (Å²) in [6, 6.07) is 7.53. The van der Waals surface area contributed by atoms with Gasteiger partial charge in [-0.25, -0.2) is 9.36 Å². The number of piperidine rings is 1. The number of benzene rings is 1. The molecule has 1 aliphatic heterocycles. The molecule has 1 saturated heterocycles. The first kappa shape index (κ1) is 20.6. The maximum absolute atomic E-state index is 13.4. The average Bonchev–Trinajstić information content (AvgIpc) is 3.23. The van der Waals surface area contributed by atoms with Crippen molar-refractivity contribution in [1.82, 2.24) is 14.0 Å². The summed E-state index contributed by atoms with van der Waals surface area (Å²) in [7, 11) is 0. The molecule has 2 aromatic heterocycles. The molecule has 4 rings (SSSR count). The Hall–Kier alpha value is -2.67. The first-order valence-electron chi connectivity index (χ1n) is 10.5. The van der Waals surface area contributed by atoms with Gasteiger partial charge in [-0.2, -0.15) is 0 Å². The van der Waals surface area contributed by atoms with Gasteiger partial charge < -0.3 is 4.90 Å². The Bertz CT molecular complexity index is 1220. The van der Waals surface area contributed by atoms with E-state index in [9.17, 15) is 14.4 Å². The predicted octanol–water partition coefficient (Wildman–Crippen LogP) is 3.62. The summed E-state index contributed by atoms with van der Waals surface area (Å²) in [5.74, 6) is -0.0542. The molecule has 1 aromatic carbocycles. The van der Waals surface area contributed by atoms with Crippen molar-refractivity contribution < 1.29 is 4.79 Å². The maximum atomic E-state index is 13.4. The van der Waals surface area contributed by atoms with E-state index >= 15 is 0 Å². The zero-order valence-electron chi connectivity index (χ0n) is 17.7. The Morgan fingerprint density at radius 3 is 2.67 bits per heavy atom. The molecule has 0 aliphatic carbocycles. The topological polar surface area (TPSA) is 64.3 Å². The second kappa shape index (κ2) is 8.22. The van der Waals surface area contributed by atoms with E-state index in [1.165, 1.54) is 20.5 Å². The third-order valence-corrected chi connectivity index (χ3v) is 7.11. The van der Waals surface area contributed by atoms with Gasteiger partial charge in [0.25, 0.3) is 5.56 Å². The molecule has 0 saturated carbocycles. The molecule has 30 heavy (non-hydrogen) atoms. The fraction of sp³-hybridized carbons (Fsp3) is 0.435. The number of likely N-dealkylation sites (tertiary alicyclic amines) is 1. The minimum Gasteiger partial charge on any atom is -0.338 e. The molecule has 6 nitrogen and oxygen atoms in total. The Balaban J connectivity index is 1.83. The van der Waals surface area contributed by atoms with Crippen molar-refractivity contribution in [2.45, 2.75) is 59.0 Å². The summed E-state index contributed by atoms with van der Waals surface area (Å²) in [6.07, 6.45) is 4.05. The smallest absolute Gasteiger partial charge is 0.336 e. The van der Waals surface area contributed by atoms with E-state index in [1.54, 1.807) is 17.5 Å². The lowest BCUT2D eigenvalue weighted by Crippen LogP contribution is -2.47. The Morgan fingerprint density at radius 2 is 1.93 bits per heavy atom. The Morgan fingerprint density at radius 1 is 1.13 bits per heavy atom. The maximum Gasteiger partial charge on any atom is 0.336 e. The zero-order valence-corrected chi connectivity index (χ0v) is 18.5. The van der Waals surface area contributed by atoms with Gasteiger partial charge in [-0.05, 0) is 74.2 Å². The number of hydrogen-bond donors (Lipinski definition) is 0. The van der Waals surface area contributed by atoms with E-state index in [2.05, 4.69) is 6.92 Å². The number of fused-ring (bicyclic) bond motifs is 1. The summed E-state index contributed by atoms with van der Waals surface area (Å²) in [4.78, 5) is 41.6. The molecule has 1 atom stereocenters. The SMILES string of the molecule is CC[C@H]1CCCCN1C(=O)Cn1c(=O)n(-c2ccc(C)c(C)c2)c(=O)c2sccc21. The summed E-state index contributed by atoms with van der Waals surface area (Å²) >= 11 is 1.30. The monoisotopic (exact) mass is 425 g/mol. The van der Waals surface area contributed by atoms with Crippen molar-refractivity contribution in [3.8, 4) is 5.69 Å². The molecule has 3 heterocycles. The Labute approximate surface area is 179 Å². The number of hydrogen-bond acceptors (Lipinski definition) is 4. The van der Waals surface area contributed by atoms with Gasteiger partial charge in [0.1, 0.15) is 11.2 Å². The number of aryl methyl sites for hydroxylation is 2. The lowest BCUT2D eigenvalue weighted by molar-refractivity contribution is -0.135. The number of rotatable bonds is 4. The van der Waals surface area contributed by atoms with E-state index in [0.29, 0.717) is 15.9 Å². The molecule has 0 radical (unpaired) electrons. The molecule has 3 aromatic rings. The van der Waals surface area contributed by atoms with Crippen LogP contribution in [0.1, 0.15) is 43.7 Å². The molecule has 0 spiro atoms. The third-order valence-electron chi connectivity index (χ3n) is 6.22. The van der Waals surface area contributed by atoms with Gasteiger partial charge in [0.15, 0.2) is 0 Å². The summed E-state index contributed by atoms with van der Waals surface area (Å²) in [5.41, 5.74) is 2.37. The van der Waals surface area contributed by atoms with Crippen LogP contribution in [-0.2, 0) is 11.3 Å². The van der Waals surface area contributed by atoms with Gasteiger partial charge in [-0.1, -0.05) is 13.0 Å². The number of aromatic nitrogens is 2. The minimum absolute atomic E-state index is 0.0479. The van der Waals surface area contributed by atoms with Crippen LogP contribution >= 0.6 is 11.3 Å². The quantitative estimate of drug-likeness (QED) is 0.641. The van der Waals surface area contributed by atoms with Gasteiger partial charge in [0.2, 0.25) is 5.91 Å². The van der Waals surface area contributed by atoms with Crippen molar-refractivity contribution in [1.29, 1.82) is 0 Å². The van der Waals surface area contributed by atoms with E-state index in [1.807, 2.05) is 30.9 Å². The van der Waals surface area contributed by atoms with Crippen LogP contribution in [0.3, 0.4) is 0 Å². The molecule has 0 N–H and O–H groups in total. The van der Waals surface area contributed by atoms with Gasteiger partial charge in [0, 0.05) is 12.6 Å². The summed E-state index contributed by atoms with van der Waals surface area (Å²) in [6.45, 7) is 6.73. The van der Waals surface area contributed by atoms with Crippen LogP contribution in [0.4, 0.5) is 0 Å². The minimum atomic E-state index is -0.465. The summed E-state index contributed by atoms with van der Waals surface area (Å²) in [5, 5.41) is 1.80. The van der Waals surface area contributed by atoms with Crippen molar-refractivity contribution in [3.05, 3.63) is 61.6 Å². The van der Waals surface area contributed by atoms with E-state index in [0.717, 1.165) is 43.4 Å². The van der Waals surface area contributed by atoms with Crippen LogP contribution in [0.25, 0.3) is 15.9 Å². The molecule has 158 valence electrons. The highest BCUT2D eigenvalue weighted by Gasteiger charge is 2.27. The second-order valence-corrected chi connectivity index (χ2v) is 8.97. The van der Waals surface area contributed by atoms with Crippen LogP contribution < -0.4 is 11.2 Å². The normalized spacial score (nSPS) is 16.9. The van der Waals surface area contributed by atoms with Crippen molar-refractivity contribution in [2.24, 2.45) is 0 Å². The van der Waals surface area contributed by atoms with Crippen LogP contribution in [0, 0.1) is 13.8 Å². The van der Waals surface area contributed by atoms with Gasteiger partial charge in [-0.15, -0.1) is 11.3 Å². The fourth-order valence-electron chi connectivity index (χ4n) is 4.31. The molecule has 1 aliphatic rings. The highest BCUT2D eigenvalue weighted by atomic mass is 32.1. The lowest BCUT2D eigenvalue weighted by atomic mass is 10.00. The fourth-order valence-corrected chi connectivity index (χ4v) is 5.14. The molecular formula is C23H27N3O3S. The predicted molar refractivity (Wildman–Crippen MR) is 121 cm³/mol. The number of nitrogens with zero attached hydrogens (tertiary/aromatic N) is 3. The van der Waals surface area contributed by atoms with Crippen molar-refractivity contribution >= 4 is 27.5 Å². The number of amides is 1. The molecule has 0 unspecified atom stereocenters. The molecule has 7 heteroatoms. The molecular weight excluding hydrogens is 398 g/mol. The van der Waals surface area contributed by atoms with Crippen molar-refractivity contribution in [2.75, 3.05) is 6.54 Å². The zero-order chi connectivity index (χ0) is 21.4. The largest absolute Gasteiger partial charge is 0.338 e. The van der Waals surface area contributed by atoms with Gasteiger partial charge in [0.05, 0.1) is 11.2 Å². The Kier molecular flexibility index (Phi) is 5.64. The van der Waals surface area contributed by atoms with Crippen molar-refractivity contribution in [3.63, 3.8) is 0 Å².